The summed E-state index contributed by atoms with van der Waals surface area (Å²) in [4.78, 5) is 12.8. The Labute approximate surface area is 149 Å². The first-order valence-electron chi connectivity index (χ1n) is 7.94. The van der Waals surface area contributed by atoms with Crippen molar-refractivity contribution >= 4 is 27.5 Å². The summed E-state index contributed by atoms with van der Waals surface area (Å²) in [5.41, 5.74) is 0.972. The third-order valence-electron chi connectivity index (χ3n) is 4.19. The fourth-order valence-corrected chi connectivity index (χ4v) is 3.13. The highest BCUT2D eigenvalue weighted by atomic mass is 79.9. The molecule has 3 rings (SSSR count). The van der Waals surface area contributed by atoms with Crippen molar-refractivity contribution in [2.75, 3.05) is 0 Å². The molecule has 4 nitrogen and oxygen atoms in total. The van der Waals surface area contributed by atoms with Crippen LogP contribution in [0.4, 0.5) is 0 Å². The maximum absolute atomic E-state index is 12.8. The minimum Gasteiger partial charge on any atom is -0.365 e. The van der Waals surface area contributed by atoms with Crippen LogP contribution in [0.25, 0.3) is 0 Å². The van der Waals surface area contributed by atoms with Gasteiger partial charge in [0.05, 0.1) is 6.42 Å². The van der Waals surface area contributed by atoms with Gasteiger partial charge in [-0.2, -0.15) is 10.1 Å². The van der Waals surface area contributed by atoms with E-state index in [-0.39, 0.29) is 12.3 Å². The van der Waals surface area contributed by atoms with Crippen LogP contribution in [0.3, 0.4) is 0 Å². The number of carbonyl (C=O) groups is 1. The van der Waals surface area contributed by atoms with Crippen molar-refractivity contribution < 1.29 is 9.90 Å². The van der Waals surface area contributed by atoms with Crippen molar-refractivity contribution in [1.82, 2.24) is 5.01 Å². The number of carbonyl (C=O) groups excluding carboxylic acids is 1. The molecule has 1 aliphatic heterocycles. The fraction of sp³-hybridized carbons (Fsp3) is 0.263. The van der Waals surface area contributed by atoms with Crippen LogP contribution in [0, 0.1) is 0 Å². The average molecular weight is 387 g/mol. The first-order chi connectivity index (χ1) is 11.5. The van der Waals surface area contributed by atoms with Crippen LogP contribution in [0.2, 0.25) is 0 Å². The second-order valence-corrected chi connectivity index (χ2v) is 6.80. The zero-order chi connectivity index (χ0) is 17.2. The van der Waals surface area contributed by atoms with E-state index in [9.17, 15) is 9.90 Å². The number of hydrogen-bond acceptors (Lipinski definition) is 3. The molecule has 24 heavy (non-hydrogen) atoms. The molecular formula is C19H19BrN2O2. The lowest BCUT2D eigenvalue weighted by atomic mass is 9.96. The average Bonchev–Trinajstić information content (AvgIpc) is 2.94. The lowest BCUT2D eigenvalue weighted by Crippen LogP contribution is -2.44. The van der Waals surface area contributed by atoms with Gasteiger partial charge in [-0.25, -0.2) is 0 Å². The van der Waals surface area contributed by atoms with Crippen molar-refractivity contribution in [1.29, 1.82) is 0 Å². The Morgan fingerprint density at radius 2 is 1.88 bits per heavy atom. The van der Waals surface area contributed by atoms with E-state index in [0.29, 0.717) is 18.4 Å². The highest BCUT2D eigenvalue weighted by Gasteiger charge is 2.45. The van der Waals surface area contributed by atoms with E-state index < -0.39 is 5.72 Å². The van der Waals surface area contributed by atoms with Gasteiger partial charge in [-0.05, 0) is 24.1 Å². The molecule has 1 N–H and O–H groups in total. The van der Waals surface area contributed by atoms with E-state index in [0.717, 1.165) is 15.7 Å². The Morgan fingerprint density at radius 3 is 2.50 bits per heavy atom. The summed E-state index contributed by atoms with van der Waals surface area (Å²) >= 11 is 3.39. The van der Waals surface area contributed by atoms with Gasteiger partial charge in [0.2, 0.25) is 5.91 Å². The Balaban J connectivity index is 1.91. The van der Waals surface area contributed by atoms with Crippen LogP contribution >= 0.6 is 15.9 Å². The van der Waals surface area contributed by atoms with Gasteiger partial charge in [0.15, 0.2) is 5.72 Å². The Morgan fingerprint density at radius 1 is 1.21 bits per heavy atom. The predicted octanol–water partition coefficient (Wildman–Crippen LogP) is 3.84. The second-order valence-electron chi connectivity index (χ2n) is 5.89. The van der Waals surface area contributed by atoms with Crippen molar-refractivity contribution in [2.24, 2.45) is 5.10 Å². The predicted molar refractivity (Wildman–Crippen MR) is 97.4 cm³/mol. The summed E-state index contributed by atoms with van der Waals surface area (Å²) in [5, 5.41) is 16.9. The highest BCUT2D eigenvalue weighted by molar-refractivity contribution is 9.10. The normalized spacial score (nSPS) is 20.1. The number of nitrogens with zero attached hydrogens (tertiary/aromatic N) is 2. The van der Waals surface area contributed by atoms with E-state index in [1.807, 2.05) is 61.5 Å². The van der Waals surface area contributed by atoms with Crippen molar-refractivity contribution in [2.45, 2.75) is 31.9 Å². The van der Waals surface area contributed by atoms with Gasteiger partial charge in [0.25, 0.3) is 0 Å². The van der Waals surface area contributed by atoms with E-state index in [2.05, 4.69) is 21.0 Å². The molecule has 2 aromatic rings. The van der Waals surface area contributed by atoms with Crippen molar-refractivity contribution in [3.05, 3.63) is 70.2 Å². The van der Waals surface area contributed by atoms with Crippen molar-refractivity contribution in [3.63, 3.8) is 0 Å². The molecule has 0 bridgehead atoms. The summed E-state index contributed by atoms with van der Waals surface area (Å²) in [7, 11) is 0. The topological polar surface area (TPSA) is 52.9 Å². The fourth-order valence-electron chi connectivity index (χ4n) is 2.86. The van der Waals surface area contributed by atoms with E-state index in [1.54, 1.807) is 0 Å². The van der Waals surface area contributed by atoms with Gasteiger partial charge in [-0.15, -0.1) is 0 Å². The second kappa shape index (κ2) is 6.87. The van der Waals surface area contributed by atoms with Gasteiger partial charge >= 0.3 is 0 Å². The molecule has 0 fully saturated rings. The van der Waals surface area contributed by atoms with E-state index in [4.69, 9.17) is 0 Å². The number of rotatable bonds is 4. The van der Waals surface area contributed by atoms with Gasteiger partial charge in [-0.1, -0.05) is 65.3 Å². The van der Waals surface area contributed by atoms with Gasteiger partial charge in [-0.3, -0.25) is 4.79 Å². The molecule has 0 aromatic heterocycles. The molecular weight excluding hydrogens is 368 g/mol. The Bertz CT molecular complexity index is 759. The summed E-state index contributed by atoms with van der Waals surface area (Å²) < 4.78 is 0.923. The lowest BCUT2D eigenvalue weighted by molar-refractivity contribution is -0.157. The zero-order valence-corrected chi connectivity index (χ0v) is 15.0. The number of benzene rings is 2. The van der Waals surface area contributed by atoms with E-state index >= 15 is 0 Å². The van der Waals surface area contributed by atoms with Crippen LogP contribution in [0.15, 0.2) is 64.2 Å². The first-order valence-corrected chi connectivity index (χ1v) is 8.74. The van der Waals surface area contributed by atoms with Crippen molar-refractivity contribution in [3.8, 4) is 0 Å². The van der Waals surface area contributed by atoms with Gasteiger partial charge in [0.1, 0.15) is 0 Å². The molecule has 0 unspecified atom stereocenters. The number of amides is 1. The maximum atomic E-state index is 12.8. The maximum Gasteiger partial charge on any atom is 0.250 e. The zero-order valence-electron chi connectivity index (χ0n) is 13.4. The lowest BCUT2D eigenvalue weighted by Gasteiger charge is -2.31. The highest BCUT2D eigenvalue weighted by Crippen LogP contribution is 2.36. The summed E-state index contributed by atoms with van der Waals surface area (Å²) in [5.74, 6) is -0.213. The third kappa shape index (κ3) is 3.28. The molecule has 124 valence electrons. The third-order valence-corrected chi connectivity index (χ3v) is 4.72. The smallest absolute Gasteiger partial charge is 0.250 e. The van der Waals surface area contributed by atoms with Crippen LogP contribution in [0.1, 0.15) is 30.9 Å². The standard InChI is InChI=1S/C19H19BrN2O2/c1-2-17-13-19(24,15-8-10-16(20)11-9-15)22(21-17)18(23)12-14-6-4-3-5-7-14/h3-11,24H,2,12-13H2,1H3/t19-/m0/s1. The SMILES string of the molecule is CCC1=NN(C(=O)Cc2ccccc2)[C@@](O)(c2ccc(Br)cc2)C1. The summed E-state index contributed by atoms with van der Waals surface area (Å²) in [6, 6.07) is 16.9. The Hall–Kier alpha value is -1.98. The molecule has 0 radical (unpaired) electrons. The van der Waals surface area contributed by atoms with Gasteiger partial charge in [0, 0.05) is 22.2 Å². The van der Waals surface area contributed by atoms with Gasteiger partial charge < -0.3 is 5.11 Å². The van der Waals surface area contributed by atoms with E-state index in [1.165, 1.54) is 5.01 Å². The van der Waals surface area contributed by atoms with Crippen LogP contribution < -0.4 is 0 Å². The van der Waals surface area contributed by atoms with Crippen LogP contribution in [-0.2, 0) is 16.9 Å². The molecule has 2 aromatic carbocycles. The molecule has 1 aliphatic rings. The molecule has 0 aliphatic carbocycles. The number of hydrogen-bond donors (Lipinski definition) is 1. The molecule has 1 heterocycles. The monoisotopic (exact) mass is 386 g/mol. The first kappa shape index (κ1) is 16.9. The molecule has 1 amide bonds. The molecule has 1 atom stereocenters. The quantitative estimate of drug-likeness (QED) is 0.867. The molecule has 0 spiro atoms. The Kier molecular flexibility index (Phi) is 4.83. The number of halogens is 1. The molecule has 0 saturated heterocycles. The molecule has 5 heteroatoms. The largest absolute Gasteiger partial charge is 0.365 e. The van der Waals surface area contributed by atoms with Crippen LogP contribution in [-0.4, -0.2) is 21.7 Å². The van der Waals surface area contributed by atoms with Crippen LogP contribution in [0.5, 0.6) is 0 Å². The number of aliphatic hydroxyl groups is 1. The minimum absolute atomic E-state index is 0.209. The summed E-state index contributed by atoms with van der Waals surface area (Å²) in [6.07, 6.45) is 1.25. The summed E-state index contributed by atoms with van der Waals surface area (Å²) in [6.45, 7) is 1.98. The number of hydrazone groups is 1. The minimum atomic E-state index is -1.42. The molecule has 0 saturated carbocycles.